The number of hydrogen-bond donors (Lipinski definition) is 1. The zero-order valence-corrected chi connectivity index (χ0v) is 11.3. The molecule has 1 aliphatic carbocycles. The van der Waals surface area contributed by atoms with Crippen molar-refractivity contribution in [3.05, 3.63) is 42.5 Å². The predicted octanol–water partition coefficient (Wildman–Crippen LogP) is 3.21. The van der Waals surface area contributed by atoms with E-state index in [4.69, 9.17) is 0 Å². The molecule has 0 bridgehead atoms. The van der Waals surface area contributed by atoms with Gasteiger partial charge in [-0.15, -0.1) is 0 Å². The number of benzene rings is 1. The Labute approximate surface area is 111 Å². The average Bonchev–Trinajstić information content (AvgIpc) is 2.45. The van der Waals surface area contributed by atoms with Crippen LogP contribution >= 0.6 is 0 Å². The largest absolute Gasteiger partial charge is 0.375 e. The maximum absolute atomic E-state index is 3.61. The van der Waals surface area contributed by atoms with Crippen molar-refractivity contribution in [3.63, 3.8) is 0 Å². The van der Waals surface area contributed by atoms with Crippen molar-refractivity contribution in [2.75, 3.05) is 25.0 Å². The van der Waals surface area contributed by atoms with Gasteiger partial charge >= 0.3 is 0 Å². The minimum absolute atomic E-state index is 0.612. The van der Waals surface area contributed by atoms with Crippen LogP contribution < -0.4 is 10.2 Å². The highest BCUT2D eigenvalue weighted by Gasteiger charge is 2.06. The lowest BCUT2D eigenvalue weighted by Gasteiger charge is -2.21. The highest BCUT2D eigenvalue weighted by Crippen LogP contribution is 2.12. The minimum Gasteiger partial charge on any atom is -0.375 e. The van der Waals surface area contributed by atoms with Crippen molar-refractivity contribution in [3.8, 4) is 0 Å². The van der Waals surface area contributed by atoms with Crippen LogP contribution in [0.15, 0.2) is 42.5 Å². The van der Waals surface area contributed by atoms with E-state index in [-0.39, 0.29) is 0 Å². The molecule has 98 valence electrons. The number of rotatable bonds is 6. The molecule has 0 saturated heterocycles. The highest BCUT2D eigenvalue weighted by atomic mass is 15.1. The van der Waals surface area contributed by atoms with Gasteiger partial charge in [0.15, 0.2) is 0 Å². The molecule has 0 radical (unpaired) electrons. The Kier molecular flexibility index (Phi) is 5.28. The van der Waals surface area contributed by atoms with E-state index >= 15 is 0 Å². The molecule has 0 amide bonds. The van der Waals surface area contributed by atoms with E-state index in [1.54, 1.807) is 0 Å². The van der Waals surface area contributed by atoms with Gasteiger partial charge in [0, 0.05) is 25.3 Å². The van der Waals surface area contributed by atoms with Gasteiger partial charge in [-0.05, 0) is 44.4 Å². The van der Waals surface area contributed by atoms with Gasteiger partial charge in [0.05, 0.1) is 0 Å². The molecule has 0 aromatic heterocycles. The Morgan fingerprint density at radius 1 is 1.28 bits per heavy atom. The van der Waals surface area contributed by atoms with E-state index in [0.717, 1.165) is 13.1 Å². The van der Waals surface area contributed by atoms with Crippen molar-refractivity contribution >= 4 is 5.69 Å². The summed E-state index contributed by atoms with van der Waals surface area (Å²) in [6.45, 7) is 2.21. The Balaban J connectivity index is 1.63. The topological polar surface area (TPSA) is 15.3 Å². The molecule has 1 N–H and O–H groups in total. The number of para-hydroxylation sites is 1. The van der Waals surface area contributed by atoms with Gasteiger partial charge in [-0.2, -0.15) is 0 Å². The number of nitrogens with zero attached hydrogens (tertiary/aromatic N) is 1. The summed E-state index contributed by atoms with van der Waals surface area (Å²) in [5.74, 6) is 0. The quantitative estimate of drug-likeness (QED) is 0.610. The Hall–Kier alpha value is -1.28. The lowest BCUT2D eigenvalue weighted by atomic mass is 10.0. The third-order valence-electron chi connectivity index (χ3n) is 3.53. The Morgan fingerprint density at radius 3 is 2.83 bits per heavy atom. The summed E-state index contributed by atoms with van der Waals surface area (Å²) in [5.41, 5.74) is 1.30. The van der Waals surface area contributed by atoms with Gasteiger partial charge in [0.2, 0.25) is 0 Å². The first-order chi connectivity index (χ1) is 8.86. The molecule has 1 aliphatic rings. The second kappa shape index (κ2) is 7.22. The van der Waals surface area contributed by atoms with E-state index in [1.165, 1.54) is 31.4 Å². The first-order valence-electron chi connectivity index (χ1n) is 7.02. The number of hydrogen-bond acceptors (Lipinski definition) is 2. The van der Waals surface area contributed by atoms with Crippen molar-refractivity contribution in [2.45, 2.75) is 31.7 Å². The van der Waals surface area contributed by atoms with Crippen molar-refractivity contribution < 1.29 is 0 Å². The molecule has 1 aromatic rings. The molecule has 2 rings (SSSR count). The van der Waals surface area contributed by atoms with Crippen LogP contribution in [0, 0.1) is 0 Å². The molecule has 0 spiro atoms. The van der Waals surface area contributed by atoms with E-state index in [0.29, 0.717) is 6.04 Å². The standard InChI is InChI=1S/C16H24N2/c1-18(16-11-6-3-7-12-16)14-8-13-17-15-9-4-2-5-10-15/h3-4,6-7,9,11-12,15,17H,2,5,8,10,13-14H2,1H3. The summed E-state index contributed by atoms with van der Waals surface area (Å²) >= 11 is 0. The molecule has 2 nitrogen and oxygen atoms in total. The summed E-state index contributed by atoms with van der Waals surface area (Å²) in [5, 5.41) is 3.61. The molecular formula is C16H24N2. The fraction of sp³-hybridized carbons (Fsp3) is 0.500. The fourth-order valence-electron chi connectivity index (χ4n) is 2.40. The monoisotopic (exact) mass is 244 g/mol. The van der Waals surface area contributed by atoms with Gasteiger partial charge in [-0.3, -0.25) is 0 Å². The zero-order valence-electron chi connectivity index (χ0n) is 11.3. The fourth-order valence-corrected chi connectivity index (χ4v) is 2.40. The molecule has 0 aliphatic heterocycles. The molecule has 1 unspecified atom stereocenters. The van der Waals surface area contributed by atoms with Gasteiger partial charge in [-0.1, -0.05) is 30.4 Å². The molecule has 18 heavy (non-hydrogen) atoms. The normalized spacial score (nSPS) is 18.8. The third kappa shape index (κ3) is 4.19. The van der Waals surface area contributed by atoms with Crippen LogP contribution in [0.25, 0.3) is 0 Å². The van der Waals surface area contributed by atoms with E-state index in [1.807, 2.05) is 0 Å². The van der Waals surface area contributed by atoms with Gasteiger partial charge in [-0.25, -0.2) is 0 Å². The van der Waals surface area contributed by atoms with Crippen LogP contribution in [0.1, 0.15) is 25.7 Å². The summed E-state index contributed by atoms with van der Waals surface area (Å²) in [6, 6.07) is 11.2. The highest BCUT2D eigenvalue weighted by molar-refractivity contribution is 5.44. The van der Waals surface area contributed by atoms with E-state index < -0.39 is 0 Å². The van der Waals surface area contributed by atoms with Crippen LogP contribution in [0.4, 0.5) is 5.69 Å². The Bertz CT molecular complexity index is 359. The van der Waals surface area contributed by atoms with Crippen LogP contribution in [-0.4, -0.2) is 26.2 Å². The van der Waals surface area contributed by atoms with Crippen LogP contribution in [0.5, 0.6) is 0 Å². The summed E-state index contributed by atoms with van der Waals surface area (Å²) < 4.78 is 0. The van der Waals surface area contributed by atoms with Crippen LogP contribution in [0.2, 0.25) is 0 Å². The second-order valence-electron chi connectivity index (χ2n) is 5.03. The minimum atomic E-state index is 0.612. The SMILES string of the molecule is CN(CCCNC1C=CCCC1)c1ccccc1. The lowest BCUT2D eigenvalue weighted by molar-refractivity contribution is 0.515. The molecule has 0 heterocycles. The van der Waals surface area contributed by atoms with Crippen molar-refractivity contribution in [1.82, 2.24) is 5.32 Å². The lowest BCUT2D eigenvalue weighted by Crippen LogP contribution is -2.31. The molecule has 1 aromatic carbocycles. The predicted molar refractivity (Wildman–Crippen MR) is 79.1 cm³/mol. The summed E-state index contributed by atoms with van der Waals surface area (Å²) in [7, 11) is 2.16. The van der Waals surface area contributed by atoms with Crippen molar-refractivity contribution in [2.24, 2.45) is 0 Å². The van der Waals surface area contributed by atoms with Gasteiger partial charge < -0.3 is 10.2 Å². The molecular weight excluding hydrogens is 220 g/mol. The second-order valence-corrected chi connectivity index (χ2v) is 5.03. The van der Waals surface area contributed by atoms with E-state index in [9.17, 15) is 0 Å². The smallest absolute Gasteiger partial charge is 0.0363 e. The summed E-state index contributed by atoms with van der Waals surface area (Å²) in [6.07, 6.45) is 9.70. The first kappa shape index (κ1) is 13.2. The van der Waals surface area contributed by atoms with Crippen molar-refractivity contribution in [1.29, 1.82) is 0 Å². The number of allylic oxidation sites excluding steroid dienone is 1. The molecule has 2 heteroatoms. The van der Waals surface area contributed by atoms with Gasteiger partial charge in [0.1, 0.15) is 0 Å². The third-order valence-corrected chi connectivity index (χ3v) is 3.53. The summed E-state index contributed by atoms with van der Waals surface area (Å²) in [4.78, 5) is 2.32. The molecule has 0 fully saturated rings. The first-order valence-corrected chi connectivity index (χ1v) is 7.02. The van der Waals surface area contributed by atoms with Crippen LogP contribution in [0.3, 0.4) is 0 Å². The number of nitrogens with one attached hydrogen (secondary N) is 1. The van der Waals surface area contributed by atoms with Gasteiger partial charge in [0.25, 0.3) is 0 Å². The number of anilines is 1. The van der Waals surface area contributed by atoms with E-state index in [2.05, 4.69) is 59.7 Å². The molecule has 0 saturated carbocycles. The van der Waals surface area contributed by atoms with Crippen LogP contribution in [-0.2, 0) is 0 Å². The average molecular weight is 244 g/mol. The maximum Gasteiger partial charge on any atom is 0.0363 e. The maximum atomic E-state index is 3.61. The Morgan fingerprint density at radius 2 is 2.11 bits per heavy atom. The molecule has 1 atom stereocenters. The zero-order chi connectivity index (χ0) is 12.6.